The van der Waals surface area contributed by atoms with Gasteiger partial charge in [0.25, 0.3) is 5.56 Å². The number of carboxylic acid groups (broad SMARTS) is 1. The van der Waals surface area contributed by atoms with E-state index >= 15 is 0 Å². The van der Waals surface area contributed by atoms with Gasteiger partial charge in [0.2, 0.25) is 0 Å². The van der Waals surface area contributed by atoms with Crippen molar-refractivity contribution < 1.29 is 9.90 Å². The molecule has 0 saturated heterocycles. The van der Waals surface area contributed by atoms with Gasteiger partial charge in [0.05, 0.1) is 5.39 Å². The van der Waals surface area contributed by atoms with Crippen molar-refractivity contribution in [2.45, 2.75) is 52.4 Å². The minimum absolute atomic E-state index is 0.0908. The lowest BCUT2D eigenvalue weighted by atomic mass is 10.1. The number of aromatic amines is 1. The van der Waals surface area contributed by atoms with E-state index in [1.54, 1.807) is 11.3 Å². The van der Waals surface area contributed by atoms with E-state index in [9.17, 15) is 9.59 Å². The number of hydrogen-bond acceptors (Lipinski definition) is 4. The van der Waals surface area contributed by atoms with Crippen molar-refractivity contribution in [1.82, 2.24) is 9.97 Å². The van der Waals surface area contributed by atoms with Gasteiger partial charge in [-0.2, -0.15) is 0 Å². The van der Waals surface area contributed by atoms with Gasteiger partial charge in [0.15, 0.2) is 0 Å². The zero-order valence-corrected chi connectivity index (χ0v) is 13.2. The molecule has 0 saturated carbocycles. The average molecular weight is 308 g/mol. The van der Waals surface area contributed by atoms with Crippen LogP contribution in [0.15, 0.2) is 4.79 Å². The van der Waals surface area contributed by atoms with Crippen LogP contribution in [0.5, 0.6) is 0 Å². The molecule has 0 aliphatic rings. The van der Waals surface area contributed by atoms with E-state index in [2.05, 4.69) is 23.8 Å². The van der Waals surface area contributed by atoms with Crippen LogP contribution in [0.3, 0.4) is 0 Å². The number of fused-ring (bicyclic) bond motifs is 1. The molecular weight excluding hydrogens is 288 g/mol. The van der Waals surface area contributed by atoms with E-state index in [-0.39, 0.29) is 12.0 Å². The number of aliphatic carboxylic acids is 1. The molecule has 21 heavy (non-hydrogen) atoms. The second kappa shape index (κ2) is 6.85. The third kappa shape index (κ3) is 3.50. The Balaban J connectivity index is 2.37. The van der Waals surface area contributed by atoms with Crippen LogP contribution in [0.25, 0.3) is 10.2 Å². The number of rotatable bonds is 7. The van der Waals surface area contributed by atoms with Gasteiger partial charge in [-0.15, -0.1) is 11.3 Å². The van der Waals surface area contributed by atoms with E-state index < -0.39 is 5.97 Å². The summed E-state index contributed by atoms with van der Waals surface area (Å²) in [7, 11) is 0. The van der Waals surface area contributed by atoms with Crippen LogP contribution in [-0.2, 0) is 24.1 Å². The number of aryl methyl sites for hydroxylation is 3. The maximum absolute atomic E-state index is 12.3. The van der Waals surface area contributed by atoms with E-state index in [4.69, 9.17) is 5.11 Å². The summed E-state index contributed by atoms with van der Waals surface area (Å²) in [6.07, 6.45) is 3.86. The Morgan fingerprint density at radius 2 is 2.10 bits per heavy atom. The molecule has 2 rings (SSSR count). The first kappa shape index (κ1) is 15.7. The predicted molar refractivity (Wildman–Crippen MR) is 84.2 cm³/mol. The summed E-state index contributed by atoms with van der Waals surface area (Å²) < 4.78 is 0. The van der Waals surface area contributed by atoms with Crippen molar-refractivity contribution in [2.24, 2.45) is 0 Å². The average Bonchev–Trinajstić information content (AvgIpc) is 2.77. The van der Waals surface area contributed by atoms with Crippen molar-refractivity contribution in [3.63, 3.8) is 0 Å². The highest BCUT2D eigenvalue weighted by molar-refractivity contribution is 7.18. The molecule has 0 fully saturated rings. The zero-order chi connectivity index (χ0) is 15.4. The maximum atomic E-state index is 12.3. The fourth-order valence-corrected chi connectivity index (χ4v) is 3.66. The number of carbonyl (C=O) groups is 1. The Bertz CT molecular complexity index is 703. The monoisotopic (exact) mass is 308 g/mol. The molecule has 0 bridgehead atoms. The van der Waals surface area contributed by atoms with Gasteiger partial charge in [0, 0.05) is 17.7 Å². The van der Waals surface area contributed by atoms with Crippen LogP contribution >= 0.6 is 11.3 Å². The summed E-state index contributed by atoms with van der Waals surface area (Å²) in [5.74, 6) is -0.242. The summed E-state index contributed by atoms with van der Waals surface area (Å²) in [5.41, 5.74) is 1.04. The summed E-state index contributed by atoms with van der Waals surface area (Å²) in [5, 5.41) is 9.38. The second-order valence-electron chi connectivity index (χ2n) is 5.05. The summed E-state index contributed by atoms with van der Waals surface area (Å²) in [6.45, 7) is 4.19. The molecular formula is C15H20N2O3S. The lowest BCUT2D eigenvalue weighted by molar-refractivity contribution is -0.137. The van der Waals surface area contributed by atoms with Crippen molar-refractivity contribution in [1.29, 1.82) is 0 Å². The highest BCUT2D eigenvalue weighted by Crippen LogP contribution is 2.29. The molecule has 0 amide bonds. The van der Waals surface area contributed by atoms with E-state index in [0.29, 0.717) is 18.7 Å². The minimum atomic E-state index is -0.826. The maximum Gasteiger partial charge on any atom is 0.303 e. The summed E-state index contributed by atoms with van der Waals surface area (Å²) in [4.78, 5) is 32.2. The molecule has 0 aromatic carbocycles. The SMILES string of the molecule is CCCc1c(CC)sc2nc(CCCC(=O)O)[nH]c(=O)c12. The molecule has 0 atom stereocenters. The quantitative estimate of drug-likeness (QED) is 0.824. The van der Waals surface area contributed by atoms with Crippen LogP contribution in [0.4, 0.5) is 0 Å². The highest BCUT2D eigenvalue weighted by Gasteiger charge is 2.15. The van der Waals surface area contributed by atoms with Gasteiger partial charge in [0.1, 0.15) is 10.7 Å². The number of H-pyrrole nitrogens is 1. The molecule has 6 heteroatoms. The molecule has 5 nitrogen and oxygen atoms in total. The van der Waals surface area contributed by atoms with Crippen LogP contribution in [0.1, 0.15) is 49.4 Å². The second-order valence-corrected chi connectivity index (χ2v) is 6.13. The lowest BCUT2D eigenvalue weighted by Gasteiger charge is -2.01. The van der Waals surface area contributed by atoms with Crippen molar-refractivity contribution in [3.05, 3.63) is 26.6 Å². The third-order valence-electron chi connectivity index (χ3n) is 3.42. The molecule has 0 aliphatic carbocycles. The molecule has 2 N–H and O–H groups in total. The molecule has 0 spiro atoms. The first-order valence-corrected chi connectivity index (χ1v) is 8.13. The number of hydrogen-bond donors (Lipinski definition) is 2. The number of nitrogens with zero attached hydrogens (tertiary/aromatic N) is 1. The molecule has 0 radical (unpaired) electrons. The molecule has 114 valence electrons. The molecule has 2 aromatic rings. The van der Waals surface area contributed by atoms with Crippen LogP contribution in [0.2, 0.25) is 0 Å². The van der Waals surface area contributed by atoms with Crippen molar-refractivity contribution >= 4 is 27.5 Å². The van der Waals surface area contributed by atoms with Gasteiger partial charge in [-0.1, -0.05) is 20.3 Å². The van der Waals surface area contributed by atoms with Gasteiger partial charge in [-0.3, -0.25) is 9.59 Å². The Kier molecular flexibility index (Phi) is 5.12. The first-order valence-electron chi connectivity index (χ1n) is 7.32. The van der Waals surface area contributed by atoms with Crippen molar-refractivity contribution in [2.75, 3.05) is 0 Å². The van der Waals surface area contributed by atoms with E-state index in [1.807, 2.05) is 0 Å². The van der Waals surface area contributed by atoms with Crippen LogP contribution < -0.4 is 5.56 Å². The summed E-state index contributed by atoms with van der Waals surface area (Å²) in [6, 6.07) is 0. The van der Waals surface area contributed by atoms with Crippen LogP contribution in [0, 0.1) is 0 Å². The standard InChI is InChI=1S/C15H20N2O3S/c1-3-6-9-10(4-2)21-15-13(9)14(20)16-11(17-15)7-5-8-12(18)19/h3-8H2,1-2H3,(H,18,19)(H,16,17,20). The van der Waals surface area contributed by atoms with Gasteiger partial charge < -0.3 is 10.1 Å². The Hall–Kier alpha value is -1.69. The Morgan fingerprint density at radius 3 is 2.71 bits per heavy atom. The number of aromatic nitrogens is 2. The topological polar surface area (TPSA) is 83.0 Å². The summed E-state index contributed by atoms with van der Waals surface area (Å²) >= 11 is 1.58. The molecule has 0 unspecified atom stereocenters. The van der Waals surface area contributed by atoms with Crippen LogP contribution in [-0.4, -0.2) is 21.0 Å². The van der Waals surface area contributed by atoms with Crippen molar-refractivity contribution in [3.8, 4) is 0 Å². The third-order valence-corrected chi connectivity index (χ3v) is 4.69. The predicted octanol–water partition coefficient (Wildman–Crippen LogP) is 2.91. The molecule has 2 aromatic heterocycles. The Labute approximate surface area is 127 Å². The number of nitrogens with one attached hydrogen (secondary N) is 1. The highest BCUT2D eigenvalue weighted by atomic mass is 32.1. The first-order chi connectivity index (χ1) is 10.1. The molecule has 2 heterocycles. The van der Waals surface area contributed by atoms with E-state index in [0.717, 1.165) is 35.0 Å². The van der Waals surface area contributed by atoms with Gasteiger partial charge >= 0.3 is 5.97 Å². The number of thiophene rings is 1. The zero-order valence-electron chi connectivity index (χ0n) is 12.4. The van der Waals surface area contributed by atoms with Gasteiger partial charge in [-0.25, -0.2) is 4.98 Å². The normalized spacial score (nSPS) is 11.1. The lowest BCUT2D eigenvalue weighted by Crippen LogP contribution is -2.12. The largest absolute Gasteiger partial charge is 0.481 e. The Morgan fingerprint density at radius 1 is 1.33 bits per heavy atom. The fourth-order valence-electron chi connectivity index (χ4n) is 2.48. The smallest absolute Gasteiger partial charge is 0.303 e. The minimum Gasteiger partial charge on any atom is -0.481 e. The fraction of sp³-hybridized carbons (Fsp3) is 0.533. The van der Waals surface area contributed by atoms with E-state index in [1.165, 1.54) is 4.88 Å². The molecule has 0 aliphatic heterocycles. The van der Waals surface area contributed by atoms with Gasteiger partial charge in [-0.05, 0) is 24.8 Å². The number of carboxylic acids is 1.